The van der Waals surface area contributed by atoms with Crippen molar-refractivity contribution in [1.29, 1.82) is 0 Å². The van der Waals surface area contributed by atoms with Gasteiger partial charge in [-0.05, 0) is 66.2 Å². The molecule has 10 heteroatoms. The molecule has 152 valence electrons. The van der Waals surface area contributed by atoms with Crippen LogP contribution in [0, 0.1) is 0 Å². The Labute approximate surface area is 186 Å². The summed E-state index contributed by atoms with van der Waals surface area (Å²) >= 11 is 14.4. The molecule has 0 amide bonds. The predicted octanol–water partition coefficient (Wildman–Crippen LogP) is 4.03. The number of benzene rings is 1. The van der Waals surface area contributed by atoms with E-state index < -0.39 is 0 Å². The molecule has 3 aromatic heterocycles. The van der Waals surface area contributed by atoms with Crippen molar-refractivity contribution in [3.63, 3.8) is 0 Å². The van der Waals surface area contributed by atoms with Crippen molar-refractivity contribution in [1.82, 2.24) is 30.5 Å². The summed E-state index contributed by atoms with van der Waals surface area (Å²) in [6.45, 7) is 2.01. The Morgan fingerprint density at radius 1 is 1.13 bits per heavy atom. The van der Waals surface area contributed by atoms with E-state index in [-0.39, 0.29) is 0 Å². The number of halogens is 2. The molecule has 0 atom stereocenters. The highest BCUT2D eigenvalue weighted by atomic mass is 35.5. The molecule has 0 bridgehead atoms. The summed E-state index contributed by atoms with van der Waals surface area (Å²) in [5.41, 5.74) is 9.80. The number of nitrogens with two attached hydrogens (primary N) is 1. The first-order chi connectivity index (χ1) is 14.6. The van der Waals surface area contributed by atoms with E-state index in [1.165, 1.54) is 15.1 Å². The maximum atomic E-state index is 6.38. The van der Waals surface area contributed by atoms with E-state index in [2.05, 4.69) is 31.9 Å². The molecule has 30 heavy (non-hydrogen) atoms. The Morgan fingerprint density at radius 2 is 2.00 bits per heavy atom. The van der Waals surface area contributed by atoms with Crippen LogP contribution in [0.5, 0.6) is 0 Å². The fourth-order valence-electron chi connectivity index (χ4n) is 3.54. The topological polar surface area (TPSA) is 94.5 Å². The highest BCUT2D eigenvalue weighted by Crippen LogP contribution is 2.36. The molecule has 5 rings (SSSR count). The fourth-order valence-corrected chi connectivity index (χ4v) is 5.11. The van der Waals surface area contributed by atoms with Crippen LogP contribution in [0.1, 0.15) is 10.4 Å². The Hall–Kier alpha value is -2.52. The highest BCUT2D eigenvalue weighted by Gasteiger charge is 2.19. The van der Waals surface area contributed by atoms with Crippen LogP contribution in [0.3, 0.4) is 0 Å². The van der Waals surface area contributed by atoms with Crippen molar-refractivity contribution in [2.75, 3.05) is 18.8 Å². The lowest BCUT2D eigenvalue weighted by molar-refractivity contribution is 0.712. The van der Waals surface area contributed by atoms with Crippen molar-refractivity contribution in [2.45, 2.75) is 12.8 Å². The van der Waals surface area contributed by atoms with Crippen LogP contribution in [-0.4, -0.2) is 38.3 Å². The van der Waals surface area contributed by atoms with Gasteiger partial charge in [0, 0.05) is 21.5 Å². The lowest BCUT2D eigenvalue weighted by Gasteiger charge is -2.10. The molecule has 0 unspecified atom stereocenters. The Kier molecular flexibility index (Phi) is 5.16. The van der Waals surface area contributed by atoms with Crippen molar-refractivity contribution >= 4 is 40.4 Å². The van der Waals surface area contributed by atoms with E-state index in [9.17, 15) is 0 Å². The van der Waals surface area contributed by atoms with Crippen molar-refractivity contribution in [3.8, 4) is 27.5 Å². The smallest absolute Gasteiger partial charge is 0.190 e. The van der Waals surface area contributed by atoms with E-state index in [1.807, 2.05) is 6.07 Å². The summed E-state index contributed by atoms with van der Waals surface area (Å²) in [4.78, 5) is 7.00. The van der Waals surface area contributed by atoms with Gasteiger partial charge in [0.15, 0.2) is 5.82 Å². The Morgan fingerprint density at radius 3 is 2.90 bits per heavy atom. The van der Waals surface area contributed by atoms with Crippen LogP contribution < -0.4 is 11.1 Å². The van der Waals surface area contributed by atoms with Crippen LogP contribution in [-0.2, 0) is 12.8 Å². The standard InChI is InChI=1S/C20H17Cl2N7S/c21-14-2-1-3-15(18(14)22)29-20(26-27-28-29)13-8-12(10-25-19(13)23)17-9-11-4-6-24-7-5-16(11)30-17/h1-3,8-10,24H,4-7H2,(H2,23,25). The molecule has 0 saturated carbocycles. The summed E-state index contributed by atoms with van der Waals surface area (Å²) in [6.07, 6.45) is 3.87. The van der Waals surface area contributed by atoms with Gasteiger partial charge >= 0.3 is 0 Å². The average Bonchev–Trinajstić information content (AvgIpc) is 3.33. The largest absolute Gasteiger partial charge is 0.383 e. The number of nitrogens with one attached hydrogen (secondary N) is 1. The number of fused-ring (bicyclic) bond motifs is 1. The number of thiophene rings is 1. The Bertz CT molecular complexity index is 1210. The first-order valence-electron chi connectivity index (χ1n) is 9.43. The van der Waals surface area contributed by atoms with E-state index in [0.29, 0.717) is 32.9 Å². The van der Waals surface area contributed by atoms with Crippen LogP contribution in [0.2, 0.25) is 10.0 Å². The number of pyridine rings is 1. The summed E-state index contributed by atoms with van der Waals surface area (Å²) in [5.74, 6) is 0.795. The number of anilines is 1. The van der Waals surface area contributed by atoms with Gasteiger partial charge in [0.2, 0.25) is 0 Å². The van der Waals surface area contributed by atoms with Crippen LogP contribution >= 0.6 is 34.5 Å². The van der Waals surface area contributed by atoms with Gasteiger partial charge in [-0.1, -0.05) is 29.3 Å². The van der Waals surface area contributed by atoms with E-state index in [4.69, 9.17) is 28.9 Å². The number of rotatable bonds is 3. The molecule has 1 aromatic carbocycles. The molecule has 0 saturated heterocycles. The molecular weight excluding hydrogens is 441 g/mol. The average molecular weight is 458 g/mol. The van der Waals surface area contributed by atoms with Crippen molar-refractivity contribution in [3.05, 3.63) is 57.0 Å². The van der Waals surface area contributed by atoms with Gasteiger partial charge in [0.25, 0.3) is 0 Å². The second-order valence-corrected chi connectivity index (χ2v) is 8.88. The minimum Gasteiger partial charge on any atom is -0.383 e. The quantitative estimate of drug-likeness (QED) is 0.482. The van der Waals surface area contributed by atoms with Gasteiger partial charge in [-0.25, -0.2) is 4.98 Å². The Balaban J connectivity index is 1.59. The SMILES string of the molecule is Nc1ncc(-c2cc3c(s2)CCNCC3)cc1-c1nnnn1-c1cccc(Cl)c1Cl. The van der Waals surface area contributed by atoms with Gasteiger partial charge in [-0.2, -0.15) is 4.68 Å². The minimum atomic E-state index is 0.343. The van der Waals surface area contributed by atoms with Crippen LogP contribution in [0.15, 0.2) is 36.5 Å². The number of hydrogen-bond donors (Lipinski definition) is 2. The molecule has 4 aromatic rings. The lowest BCUT2D eigenvalue weighted by atomic mass is 10.1. The molecule has 1 aliphatic rings. The van der Waals surface area contributed by atoms with Gasteiger partial charge < -0.3 is 11.1 Å². The zero-order valence-electron chi connectivity index (χ0n) is 15.8. The van der Waals surface area contributed by atoms with Crippen LogP contribution in [0.25, 0.3) is 27.5 Å². The van der Waals surface area contributed by atoms with E-state index in [0.717, 1.165) is 36.4 Å². The molecule has 3 N–H and O–H groups in total. The zero-order chi connectivity index (χ0) is 20.7. The summed E-state index contributed by atoms with van der Waals surface area (Å²) in [5, 5.41) is 16.3. The second-order valence-electron chi connectivity index (χ2n) is 6.95. The molecule has 0 aliphatic carbocycles. The summed E-state index contributed by atoms with van der Waals surface area (Å²) in [6, 6.07) is 9.53. The highest BCUT2D eigenvalue weighted by molar-refractivity contribution is 7.15. The molecule has 4 heterocycles. The number of nitrogens with zero attached hydrogens (tertiary/aromatic N) is 5. The number of nitrogen functional groups attached to an aromatic ring is 1. The third kappa shape index (κ3) is 3.45. The molecule has 1 aliphatic heterocycles. The number of aromatic nitrogens is 5. The van der Waals surface area contributed by atoms with Gasteiger partial charge in [-0.15, -0.1) is 16.4 Å². The monoisotopic (exact) mass is 457 g/mol. The van der Waals surface area contributed by atoms with Gasteiger partial charge in [0.1, 0.15) is 5.82 Å². The molecule has 7 nitrogen and oxygen atoms in total. The third-order valence-electron chi connectivity index (χ3n) is 5.07. The first kappa shape index (κ1) is 19.4. The molecular formula is C20H17Cl2N7S. The minimum absolute atomic E-state index is 0.343. The van der Waals surface area contributed by atoms with Gasteiger partial charge in [0.05, 0.1) is 21.3 Å². The second kappa shape index (κ2) is 7.96. The molecule has 0 radical (unpaired) electrons. The number of tetrazole rings is 1. The molecule has 0 spiro atoms. The lowest BCUT2D eigenvalue weighted by Crippen LogP contribution is -2.16. The first-order valence-corrected chi connectivity index (χ1v) is 11.0. The summed E-state index contributed by atoms with van der Waals surface area (Å²) in [7, 11) is 0. The predicted molar refractivity (Wildman–Crippen MR) is 120 cm³/mol. The fraction of sp³-hybridized carbons (Fsp3) is 0.200. The normalized spacial score (nSPS) is 13.8. The maximum Gasteiger partial charge on any atom is 0.190 e. The maximum absolute atomic E-state index is 6.38. The summed E-state index contributed by atoms with van der Waals surface area (Å²) < 4.78 is 1.53. The molecule has 0 fully saturated rings. The van der Waals surface area contributed by atoms with Crippen molar-refractivity contribution < 1.29 is 0 Å². The third-order valence-corrected chi connectivity index (χ3v) is 7.16. The van der Waals surface area contributed by atoms with E-state index in [1.54, 1.807) is 35.7 Å². The number of hydrogen-bond acceptors (Lipinski definition) is 7. The van der Waals surface area contributed by atoms with Gasteiger partial charge in [-0.3, -0.25) is 0 Å². The van der Waals surface area contributed by atoms with Crippen molar-refractivity contribution in [2.24, 2.45) is 0 Å². The van der Waals surface area contributed by atoms with E-state index >= 15 is 0 Å². The zero-order valence-corrected chi connectivity index (χ0v) is 18.1. The van der Waals surface area contributed by atoms with Crippen LogP contribution in [0.4, 0.5) is 5.82 Å².